The van der Waals surface area contributed by atoms with Crippen molar-refractivity contribution in [1.29, 1.82) is 0 Å². The molecular formula is C29H27BrN2O5S. The molecule has 0 spiro atoms. The molecule has 3 amide bonds. The van der Waals surface area contributed by atoms with Crippen LogP contribution in [-0.4, -0.2) is 35.1 Å². The Morgan fingerprint density at radius 2 is 1.74 bits per heavy atom. The summed E-state index contributed by atoms with van der Waals surface area (Å²) < 4.78 is 12.5. The molecule has 0 aliphatic carbocycles. The molecule has 1 heterocycles. The van der Waals surface area contributed by atoms with E-state index in [1.54, 1.807) is 18.2 Å². The van der Waals surface area contributed by atoms with Crippen LogP contribution in [0.2, 0.25) is 0 Å². The number of benzene rings is 3. The van der Waals surface area contributed by atoms with E-state index < -0.39 is 17.1 Å². The predicted octanol–water partition coefficient (Wildman–Crippen LogP) is 6.72. The number of amides is 3. The maximum absolute atomic E-state index is 13.0. The van der Waals surface area contributed by atoms with Gasteiger partial charge in [0.2, 0.25) is 5.91 Å². The summed E-state index contributed by atoms with van der Waals surface area (Å²) in [5, 5.41) is 2.27. The van der Waals surface area contributed by atoms with Crippen molar-refractivity contribution in [2.75, 3.05) is 18.5 Å². The molecule has 3 aromatic carbocycles. The average molecular weight is 596 g/mol. The van der Waals surface area contributed by atoms with Crippen LogP contribution in [0.15, 0.2) is 70.0 Å². The second-order valence-electron chi connectivity index (χ2n) is 8.73. The van der Waals surface area contributed by atoms with Gasteiger partial charge < -0.3 is 14.8 Å². The number of rotatable bonds is 9. The number of thioether (sulfide) groups is 1. The number of nitrogens with zero attached hydrogens (tertiary/aromatic N) is 1. The van der Waals surface area contributed by atoms with Crippen molar-refractivity contribution in [2.24, 2.45) is 0 Å². The summed E-state index contributed by atoms with van der Waals surface area (Å²) in [6, 6.07) is 19.0. The molecule has 1 N–H and O–H groups in total. The van der Waals surface area contributed by atoms with Gasteiger partial charge in [-0.2, -0.15) is 0 Å². The third-order valence-electron chi connectivity index (χ3n) is 5.54. The Bertz CT molecular complexity index is 1390. The van der Waals surface area contributed by atoms with E-state index in [2.05, 4.69) is 21.2 Å². The monoisotopic (exact) mass is 594 g/mol. The van der Waals surface area contributed by atoms with Crippen LogP contribution in [0.4, 0.5) is 10.5 Å². The smallest absolute Gasteiger partial charge is 0.294 e. The second kappa shape index (κ2) is 12.3. The molecule has 1 aliphatic rings. The Hall–Kier alpha value is -3.56. The lowest BCUT2D eigenvalue weighted by Gasteiger charge is -2.15. The summed E-state index contributed by atoms with van der Waals surface area (Å²) in [6.45, 7) is 6.15. The van der Waals surface area contributed by atoms with Gasteiger partial charge in [-0.3, -0.25) is 19.3 Å². The molecule has 0 bridgehead atoms. The molecule has 0 unspecified atom stereocenters. The highest BCUT2D eigenvalue weighted by Crippen LogP contribution is 2.39. The van der Waals surface area contributed by atoms with Crippen molar-refractivity contribution in [3.05, 3.63) is 92.3 Å². The Labute approximate surface area is 234 Å². The Morgan fingerprint density at radius 1 is 1.03 bits per heavy atom. The van der Waals surface area contributed by atoms with Crippen LogP contribution in [0.5, 0.6) is 11.5 Å². The fourth-order valence-corrected chi connectivity index (χ4v) is 5.40. The number of anilines is 1. The number of hydrogen-bond donors (Lipinski definition) is 1. The topological polar surface area (TPSA) is 84.9 Å². The van der Waals surface area contributed by atoms with Crippen LogP contribution >= 0.6 is 27.7 Å². The number of hydrogen-bond acceptors (Lipinski definition) is 6. The summed E-state index contributed by atoms with van der Waals surface area (Å²) in [5.74, 6) is 0.0917. The van der Waals surface area contributed by atoms with E-state index in [9.17, 15) is 14.4 Å². The van der Waals surface area contributed by atoms with E-state index in [0.717, 1.165) is 33.4 Å². The summed E-state index contributed by atoms with van der Waals surface area (Å²) in [4.78, 5) is 39.4. The maximum Gasteiger partial charge on any atom is 0.294 e. The number of imide groups is 1. The Kier molecular flexibility index (Phi) is 8.91. The van der Waals surface area contributed by atoms with Crippen LogP contribution in [0, 0.1) is 13.8 Å². The van der Waals surface area contributed by atoms with Crippen molar-refractivity contribution in [3.63, 3.8) is 0 Å². The van der Waals surface area contributed by atoms with Crippen molar-refractivity contribution < 1.29 is 23.9 Å². The fourth-order valence-electron chi connectivity index (χ4n) is 3.98. The highest BCUT2D eigenvalue weighted by molar-refractivity contribution is 9.10. The molecule has 0 radical (unpaired) electrons. The Balaban J connectivity index is 1.49. The van der Waals surface area contributed by atoms with Crippen LogP contribution in [0.3, 0.4) is 0 Å². The zero-order valence-corrected chi connectivity index (χ0v) is 23.6. The molecular weight excluding hydrogens is 568 g/mol. The molecule has 0 saturated carbocycles. The number of carbonyl (C=O) groups is 3. The predicted molar refractivity (Wildman–Crippen MR) is 153 cm³/mol. The van der Waals surface area contributed by atoms with Gasteiger partial charge in [0.05, 0.1) is 16.0 Å². The first-order valence-electron chi connectivity index (χ1n) is 12.0. The van der Waals surface area contributed by atoms with Gasteiger partial charge >= 0.3 is 0 Å². The van der Waals surface area contributed by atoms with Crippen LogP contribution in [0.1, 0.15) is 29.2 Å². The zero-order valence-electron chi connectivity index (χ0n) is 21.2. The lowest BCUT2D eigenvalue weighted by molar-refractivity contribution is -0.127. The number of ether oxygens (including phenoxy) is 2. The molecule has 0 aromatic heterocycles. The van der Waals surface area contributed by atoms with E-state index >= 15 is 0 Å². The van der Waals surface area contributed by atoms with Crippen LogP contribution < -0.4 is 14.8 Å². The van der Waals surface area contributed by atoms with Gasteiger partial charge in [0.15, 0.2) is 11.5 Å². The van der Waals surface area contributed by atoms with Gasteiger partial charge in [0.1, 0.15) is 13.2 Å². The van der Waals surface area contributed by atoms with Crippen molar-refractivity contribution in [2.45, 2.75) is 27.4 Å². The summed E-state index contributed by atoms with van der Waals surface area (Å²) in [6.07, 6.45) is 1.61. The quantitative estimate of drug-likeness (QED) is 0.277. The highest BCUT2D eigenvalue weighted by atomic mass is 79.9. The number of halogens is 1. The van der Waals surface area contributed by atoms with E-state index in [4.69, 9.17) is 9.47 Å². The minimum absolute atomic E-state index is 0.224. The number of carbonyl (C=O) groups excluding carboxylic acids is 3. The largest absolute Gasteiger partial charge is 0.490 e. The third-order valence-corrected chi connectivity index (χ3v) is 7.03. The third kappa shape index (κ3) is 6.85. The van der Waals surface area contributed by atoms with E-state index in [0.29, 0.717) is 40.4 Å². The minimum atomic E-state index is -0.519. The molecule has 38 heavy (non-hydrogen) atoms. The normalized spacial score (nSPS) is 14.2. The van der Waals surface area contributed by atoms with E-state index in [-0.39, 0.29) is 11.4 Å². The molecule has 1 fully saturated rings. The van der Waals surface area contributed by atoms with E-state index in [1.807, 2.05) is 69.3 Å². The first-order valence-corrected chi connectivity index (χ1v) is 13.6. The van der Waals surface area contributed by atoms with Crippen molar-refractivity contribution >= 4 is 56.5 Å². The first-order chi connectivity index (χ1) is 18.2. The molecule has 9 heteroatoms. The van der Waals surface area contributed by atoms with Gasteiger partial charge in [-0.15, -0.1) is 0 Å². The number of nitrogens with one attached hydrogen (secondary N) is 1. The van der Waals surface area contributed by atoms with Gasteiger partial charge in [0, 0.05) is 5.69 Å². The Morgan fingerprint density at radius 3 is 2.42 bits per heavy atom. The molecule has 1 saturated heterocycles. The van der Waals surface area contributed by atoms with Gasteiger partial charge in [0.25, 0.3) is 11.1 Å². The summed E-state index contributed by atoms with van der Waals surface area (Å²) in [7, 11) is 0. The highest BCUT2D eigenvalue weighted by Gasteiger charge is 2.36. The lowest BCUT2D eigenvalue weighted by Crippen LogP contribution is -2.36. The summed E-state index contributed by atoms with van der Waals surface area (Å²) >= 11 is 4.35. The van der Waals surface area contributed by atoms with Gasteiger partial charge in [-0.05, 0) is 101 Å². The summed E-state index contributed by atoms with van der Waals surface area (Å²) in [5.41, 5.74) is 4.29. The molecule has 4 rings (SSSR count). The lowest BCUT2D eigenvalue weighted by atomic mass is 10.1. The zero-order chi connectivity index (χ0) is 27.2. The first kappa shape index (κ1) is 27.5. The van der Waals surface area contributed by atoms with Gasteiger partial charge in [-0.1, -0.05) is 36.4 Å². The SMILES string of the molecule is CCOc1cc(/C=C2/SC(=O)N(CC(=O)Nc3cc(C)cc(C)c3)C2=O)cc(Br)c1OCc1ccccc1. The average Bonchev–Trinajstić information content (AvgIpc) is 3.11. The van der Waals surface area contributed by atoms with Gasteiger partial charge in [-0.25, -0.2) is 0 Å². The molecule has 7 nitrogen and oxygen atoms in total. The maximum atomic E-state index is 13.0. The van der Waals surface area contributed by atoms with Crippen LogP contribution in [-0.2, 0) is 16.2 Å². The van der Waals surface area contributed by atoms with Crippen molar-refractivity contribution in [1.82, 2.24) is 4.90 Å². The van der Waals surface area contributed by atoms with E-state index in [1.165, 1.54) is 0 Å². The van der Waals surface area contributed by atoms with Crippen LogP contribution in [0.25, 0.3) is 6.08 Å². The molecule has 0 atom stereocenters. The molecule has 196 valence electrons. The standard InChI is InChI=1S/C29H27BrN2O5S/c1-4-36-24-14-21(13-23(30)27(24)37-17-20-8-6-5-7-9-20)15-25-28(34)32(29(35)38-25)16-26(33)31-22-11-18(2)10-19(3)12-22/h5-15H,4,16-17H2,1-3H3,(H,31,33)/b25-15+. The minimum Gasteiger partial charge on any atom is -0.490 e. The molecule has 1 aliphatic heterocycles. The fraction of sp³-hybridized carbons (Fsp3) is 0.207. The van der Waals surface area contributed by atoms with Crippen molar-refractivity contribution in [3.8, 4) is 11.5 Å². The number of aryl methyl sites for hydroxylation is 2. The molecule has 3 aromatic rings. The second-order valence-corrected chi connectivity index (χ2v) is 10.6.